The lowest BCUT2D eigenvalue weighted by atomic mass is 9.82. The van der Waals surface area contributed by atoms with Crippen molar-refractivity contribution in [1.29, 1.82) is 0 Å². The second kappa shape index (κ2) is 13.1. The first-order chi connectivity index (χ1) is 18.8. The number of primary amides is 1. The largest absolute Gasteiger partial charge is 0.369 e. The molecule has 1 saturated carbocycles. The first-order valence-corrected chi connectivity index (χ1v) is 14.5. The molecule has 0 bridgehead atoms. The van der Waals surface area contributed by atoms with Gasteiger partial charge in [0, 0.05) is 12.1 Å². The Morgan fingerprint density at radius 1 is 1.03 bits per heavy atom. The fraction of sp³-hybridized carbons (Fsp3) is 0.485. The topological polar surface area (TPSA) is 92.5 Å². The van der Waals surface area contributed by atoms with E-state index in [-0.39, 0.29) is 17.7 Å². The van der Waals surface area contributed by atoms with Crippen LogP contribution in [0.2, 0.25) is 0 Å². The minimum atomic E-state index is -0.862. The highest BCUT2D eigenvalue weighted by Crippen LogP contribution is 2.41. The van der Waals surface area contributed by atoms with Crippen LogP contribution in [-0.2, 0) is 14.4 Å². The Morgan fingerprint density at radius 2 is 1.69 bits per heavy atom. The summed E-state index contributed by atoms with van der Waals surface area (Å²) >= 11 is 0. The molecule has 2 aromatic carbocycles. The van der Waals surface area contributed by atoms with Crippen molar-refractivity contribution in [2.75, 3.05) is 11.4 Å². The van der Waals surface area contributed by atoms with Crippen molar-refractivity contribution in [3.8, 4) is 11.1 Å². The molecule has 6 nitrogen and oxygen atoms in total. The van der Waals surface area contributed by atoms with Crippen molar-refractivity contribution in [2.24, 2.45) is 29.4 Å². The molecule has 2 aromatic rings. The first-order valence-electron chi connectivity index (χ1n) is 14.5. The number of allylic oxidation sites excluding steroid dienone is 1. The maximum atomic E-state index is 14.4. The van der Waals surface area contributed by atoms with Crippen LogP contribution in [0.5, 0.6) is 0 Å². The van der Waals surface area contributed by atoms with Gasteiger partial charge in [0.15, 0.2) is 0 Å². The molecule has 3 N–H and O–H groups in total. The molecule has 6 heteroatoms. The highest BCUT2D eigenvalue weighted by atomic mass is 16.2. The third-order valence-electron chi connectivity index (χ3n) is 8.38. The number of fused-ring (bicyclic) bond motifs is 3. The molecular weight excluding hydrogens is 486 g/mol. The number of nitrogens with zero attached hydrogens (tertiary/aromatic N) is 1. The third kappa shape index (κ3) is 6.60. The molecule has 1 aliphatic carbocycles. The Kier molecular flexibility index (Phi) is 9.60. The van der Waals surface area contributed by atoms with Gasteiger partial charge in [-0.1, -0.05) is 94.5 Å². The maximum Gasteiger partial charge on any atom is 0.254 e. The summed E-state index contributed by atoms with van der Waals surface area (Å²) in [6.07, 6.45) is 9.58. The highest BCUT2D eigenvalue weighted by molar-refractivity contribution is 6.06. The molecule has 1 heterocycles. The normalized spacial score (nSPS) is 19.0. The second-order valence-electron chi connectivity index (χ2n) is 11.6. The van der Waals surface area contributed by atoms with E-state index in [9.17, 15) is 14.4 Å². The van der Waals surface area contributed by atoms with Gasteiger partial charge in [-0.2, -0.15) is 0 Å². The molecule has 1 fully saturated rings. The number of para-hydroxylation sites is 1. The van der Waals surface area contributed by atoms with Gasteiger partial charge in [-0.25, -0.2) is 0 Å². The summed E-state index contributed by atoms with van der Waals surface area (Å²) in [5.74, 6) is -1.53. The monoisotopic (exact) mass is 529 g/mol. The SMILES string of the molecule is C=CC[C@H](C(N)=O)[C@@H](CC(C)C)C(=O)NC1C(=O)N(CCC2CCCCC2)c2ccccc2-c2ccccc21. The van der Waals surface area contributed by atoms with Crippen molar-refractivity contribution in [3.05, 3.63) is 66.7 Å². The van der Waals surface area contributed by atoms with Gasteiger partial charge >= 0.3 is 0 Å². The van der Waals surface area contributed by atoms with Crippen LogP contribution in [0.4, 0.5) is 5.69 Å². The Labute approximate surface area is 233 Å². The zero-order chi connectivity index (χ0) is 27.9. The number of nitrogens with one attached hydrogen (secondary N) is 1. The smallest absolute Gasteiger partial charge is 0.254 e. The number of nitrogens with two attached hydrogens (primary N) is 1. The lowest BCUT2D eigenvalue weighted by Crippen LogP contribution is -2.47. The minimum absolute atomic E-state index is 0.140. The van der Waals surface area contributed by atoms with Gasteiger partial charge in [-0.3, -0.25) is 14.4 Å². The predicted octanol–water partition coefficient (Wildman–Crippen LogP) is 6.17. The van der Waals surface area contributed by atoms with Gasteiger partial charge in [0.1, 0.15) is 6.04 Å². The molecule has 3 atom stereocenters. The van der Waals surface area contributed by atoms with Crippen LogP contribution in [0.25, 0.3) is 11.1 Å². The molecule has 4 rings (SSSR count). The predicted molar refractivity (Wildman–Crippen MR) is 157 cm³/mol. The van der Waals surface area contributed by atoms with E-state index in [4.69, 9.17) is 5.73 Å². The summed E-state index contributed by atoms with van der Waals surface area (Å²) in [5, 5.41) is 3.09. The van der Waals surface area contributed by atoms with Gasteiger partial charge in [0.25, 0.3) is 5.91 Å². The Hall–Kier alpha value is -3.41. The van der Waals surface area contributed by atoms with Crippen LogP contribution in [0.15, 0.2) is 61.2 Å². The van der Waals surface area contributed by atoms with Gasteiger partial charge < -0.3 is 16.0 Å². The Bertz CT molecular complexity index is 1180. The second-order valence-corrected chi connectivity index (χ2v) is 11.6. The van der Waals surface area contributed by atoms with Crippen LogP contribution in [-0.4, -0.2) is 24.3 Å². The number of carbonyl (C=O) groups is 3. The molecule has 39 heavy (non-hydrogen) atoms. The molecular formula is C33H43N3O3. The summed E-state index contributed by atoms with van der Waals surface area (Å²) in [5.41, 5.74) is 9.32. The van der Waals surface area contributed by atoms with Crippen molar-refractivity contribution >= 4 is 23.4 Å². The molecule has 208 valence electrons. The van der Waals surface area contributed by atoms with E-state index in [1.165, 1.54) is 32.1 Å². The molecule has 0 radical (unpaired) electrons. The average Bonchev–Trinajstić information content (AvgIpc) is 3.03. The molecule has 0 saturated heterocycles. The zero-order valence-corrected chi connectivity index (χ0v) is 23.4. The van der Waals surface area contributed by atoms with E-state index in [0.717, 1.165) is 28.8 Å². The lowest BCUT2D eigenvalue weighted by Gasteiger charge is -2.31. The summed E-state index contributed by atoms with van der Waals surface area (Å²) in [6.45, 7) is 8.40. The Balaban J connectivity index is 1.71. The highest BCUT2D eigenvalue weighted by Gasteiger charge is 2.38. The van der Waals surface area contributed by atoms with E-state index in [1.54, 1.807) is 6.08 Å². The van der Waals surface area contributed by atoms with E-state index < -0.39 is 23.8 Å². The van der Waals surface area contributed by atoms with Crippen LogP contribution in [0, 0.1) is 23.7 Å². The minimum Gasteiger partial charge on any atom is -0.369 e. The van der Waals surface area contributed by atoms with Gasteiger partial charge in [-0.15, -0.1) is 6.58 Å². The van der Waals surface area contributed by atoms with Crippen LogP contribution in [0.3, 0.4) is 0 Å². The van der Waals surface area contributed by atoms with Crippen molar-refractivity contribution in [3.63, 3.8) is 0 Å². The fourth-order valence-electron chi connectivity index (χ4n) is 6.37. The van der Waals surface area contributed by atoms with Gasteiger partial charge in [0.2, 0.25) is 11.8 Å². The van der Waals surface area contributed by atoms with E-state index in [0.29, 0.717) is 25.3 Å². The standard InChI is InChI=1S/C33H43N3O3/c1-4-12-27(31(34)37)28(21-22(2)3)32(38)35-30-26-17-9-8-15-24(26)25-16-10-11-18-29(25)36(33(30)39)20-19-23-13-6-5-7-14-23/h4,8-11,15-18,22-23,27-28,30H,1,5-7,12-14,19-21H2,2-3H3,(H2,34,37)(H,35,38)/t27-,28+,30?/m0/s1. The summed E-state index contributed by atoms with van der Waals surface area (Å²) in [6, 6.07) is 15.0. The van der Waals surface area contributed by atoms with E-state index in [1.807, 2.05) is 67.3 Å². The van der Waals surface area contributed by atoms with E-state index >= 15 is 0 Å². The van der Waals surface area contributed by atoms with Crippen molar-refractivity contribution in [1.82, 2.24) is 5.32 Å². The zero-order valence-electron chi connectivity index (χ0n) is 23.4. The third-order valence-corrected chi connectivity index (χ3v) is 8.38. The van der Waals surface area contributed by atoms with Gasteiger partial charge in [-0.05, 0) is 48.3 Å². The van der Waals surface area contributed by atoms with Crippen LogP contribution in [0.1, 0.15) is 76.8 Å². The quantitative estimate of drug-likeness (QED) is 0.341. The van der Waals surface area contributed by atoms with E-state index in [2.05, 4.69) is 11.9 Å². The summed E-state index contributed by atoms with van der Waals surface area (Å²) < 4.78 is 0. The number of anilines is 1. The van der Waals surface area contributed by atoms with Crippen molar-refractivity contribution in [2.45, 2.75) is 71.3 Å². The van der Waals surface area contributed by atoms with Crippen molar-refractivity contribution < 1.29 is 14.4 Å². The van der Waals surface area contributed by atoms with Crippen LogP contribution < -0.4 is 16.0 Å². The van der Waals surface area contributed by atoms with Gasteiger partial charge in [0.05, 0.1) is 17.5 Å². The number of hydrogen-bond donors (Lipinski definition) is 2. The first kappa shape index (κ1) is 28.6. The maximum absolute atomic E-state index is 14.4. The summed E-state index contributed by atoms with van der Waals surface area (Å²) in [7, 11) is 0. The molecule has 2 aliphatic rings. The number of hydrogen-bond acceptors (Lipinski definition) is 3. The molecule has 0 aromatic heterocycles. The molecule has 1 aliphatic heterocycles. The number of benzene rings is 2. The number of amides is 3. The Morgan fingerprint density at radius 3 is 2.36 bits per heavy atom. The fourth-order valence-corrected chi connectivity index (χ4v) is 6.37. The average molecular weight is 530 g/mol. The van der Waals surface area contributed by atoms with Crippen LogP contribution >= 0.6 is 0 Å². The molecule has 1 unspecified atom stereocenters. The molecule has 3 amide bonds. The number of carbonyl (C=O) groups excluding carboxylic acids is 3. The lowest BCUT2D eigenvalue weighted by molar-refractivity contribution is -0.135. The summed E-state index contributed by atoms with van der Waals surface area (Å²) in [4.78, 5) is 42.5. The molecule has 0 spiro atoms. The number of rotatable bonds is 11.